The Balaban J connectivity index is 2.02. The molecule has 0 spiro atoms. The van der Waals surface area contributed by atoms with Crippen molar-refractivity contribution in [3.8, 4) is 0 Å². The second-order valence-electron chi connectivity index (χ2n) is 4.66. The summed E-state index contributed by atoms with van der Waals surface area (Å²) < 4.78 is 10.4. The lowest BCUT2D eigenvalue weighted by atomic mass is 10.3. The van der Waals surface area contributed by atoms with Gasteiger partial charge in [-0.25, -0.2) is 4.98 Å². The number of methoxy groups -OCH3 is 1. The van der Waals surface area contributed by atoms with Crippen LogP contribution in [0.4, 0.5) is 0 Å². The number of nitrogens with zero attached hydrogens (tertiary/aromatic N) is 1. The number of aromatic nitrogens is 1. The molecule has 0 aliphatic carbocycles. The van der Waals surface area contributed by atoms with Gasteiger partial charge in [0.1, 0.15) is 11.6 Å². The highest BCUT2D eigenvalue weighted by atomic mass is 32.2. The van der Waals surface area contributed by atoms with Crippen LogP contribution >= 0.6 is 11.8 Å². The largest absolute Gasteiger partial charge is 0.468 e. The molecule has 0 radical (unpaired) electrons. The number of para-hydroxylation sites is 2. The molecule has 0 fully saturated rings. The first-order chi connectivity index (χ1) is 9.60. The predicted octanol–water partition coefficient (Wildman–Crippen LogP) is 2.46. The summed E-state index contributed by atoms with van der Waals surface area (Å²) in [5, 5.41) is 3.73. The molecule has 0 aliphatic heterocycles. The molecule has 2 aromatic rings. The van der Waals surface area contributed by atoms with Gasteiger partial charge in [0.2, 0.25) is 0 Å². The monoisotopic (exact) mass is 294 g/mol. The Labute approximate surface area is 122 Å². The normalized spacial score (nSPS) is 12.8. The number of benzene rings is 1. The van der Waals surface area contributed by atoms with Crippen LogP contribution in [0.5, 0.6) is 0 Å². The van der Waals surface area contributed by atoms with E-state index in [1.807, 2.05) is 38.1 Å². The maximum absolute atomic E-state index is 11.7. The Morgan fingerprint density at radius 1 is 1.45 bits per heavy atom. The zero-order valence-electron chi connectivity index (χ0n) is 11.8. The number of nitrogens with one attached hydrogen (secondary N) is 1. The lowest BCUT2D eigenvalue weighted by Gasteiger charge is -2.17. The molecule has 1 unspecified atom stereocenters. The Kier molecular flexibility index (Phi) is 5.03. The molecule has 6 heteroatoms. The number of oxazole rings is 1. The van der Waals surface area contributed by atoms with E-state index in [0.717, 1.165) is 11.1 Å². The topological polar surface area (TPSA) is 64.4 Å². The van der Waals surface area contributed by atoms with Crippen molar-refractivity contribution in [1.82, 2.24) is 10.3 Å². The highest BCUT2D eigenvalue weighted by Gasteiger charge is 2.21. The number of ether oxygens (including phenoxy) is 1. The minimum atomic E-state index is -0.375. The van der Waals surface area contributed by atoms with Gasteiger partial charge in [-0.15, -0.1) is 0 Å². The van der Waals surface area contributed by atoms with Crippen LogP contribution in [0.3, 0.4) is 0 Å². The molecule has 0 bridgehead atoms. The fourth-order valence-corrected chi connectivity index (χ4v) is 2.65. The van der Waals surface area contributed by atoms with E-state index in [0.29, 0.717) is 11.0 Å². The highest BCUT2D eigenvalue weighted by molar-refractivity contribution is 7.99. The van der Waals surface area contributed by atoms with Crippen molar-refractivity contribution in [3.63, 3.8) is 0 Å². The predicted molar refractivity (Wildman–Crippen MR) is 78.8 cm³/mol. The highest BCUT2D eigenvalue weighted by Crippen LogP contribution is 2.23. The maximum atomic E-state index is 11.7. The van der Waals surface area contributed by atoms with Crippen LogP contribution in [-0.2, 0) is 9.53 Å². The molecular formula is C14H18N2O3S. The lowest BCUT2D eigenvalue weighted by Crippen LogP contribution is -2.43. The third kappa shape index (κ3) is 3.74. The smallest absolute Gasteiger partial charge is 0.323 e. The summed E-state index contributed by atoms with van der Waals surface area (Å²) in [7, 11) is 1.39. The van der Waals surface area contributed by atoms with E-state index >= 15 is 0 Å². The summed E-state index contributed by atoms with van der Waals surface area (Å²) in [4.78, 5) is 16.1. The van der Waals surface area contributed by atoms with Gasteiger partial charge in [-0.3, -0.25) is 4.79 Å². The fourth-order valence-electron chi connectivity index (χ4n) is 1.80. The Morgan fingerprint density at radius 3 is 2.85 bits per heavy atom. The Hall–Kier alpha value is -1.53. The summed E-state index contributed by atoms with van der Waals surface area (Å²) in [6.45, 7) is 3.97. The summed E-state index contributed by atoms with van der Waals surface area (Å²) >= 11 is 1.40. The first-order valence-electron chi connectivity index (χ1n) is 6.42. The number of rotatable bonds is 6. The summed E-state index contributed by atoms with van der Waals surface area (Å²) in [6, 6.07) is 7.41. The van der Waals surface area contributed by atoms with Crippen molar-refractivity contribution in [2.24, 2.45) is 0 Å². The first-order valence-corrected chi connectivity index (χ1v) is 7.41. The molecule has 5 nitrogen and oxygen atoms in total. The van der Waals surface area contributed by atoms with Gasteiger partial charge in [-0.05, 0) is 12.1 Å². The number of esters is 1. The van der Waals surface area contributed by atoms with Crippen LogP contribution in [0.25, 0.3) is 11.1 Å². The van der Waals surface area contributed by atoms with Crippen molar-refractivity contribution in [1.29, 1.82) is 0 Å². The third-order valence-corrected chi connectivity index (χ3v) is 3.59. The van der Waals surface area contributed by atoms with Crippen LogP contribution in [0, 0.1) is 0 Å². The number of thioether (sulfide) groups is 1. The van der Waals surface area contributed by atoms with E-state index in [2.05, 4.69) is 10.3 Å². The molecule has 0 saturated heterocycles. The molecule has 2 rings (SSSR count). The van der Waals surface area contributed by atoms with Gasteiger partial charge in [-0.1, -0.05) is 37.7 Å². The van der Waals surface area contributed by atoms with Crippen LogP contribution < -0.4 is 5.32 Å². The maximum Gasteiger partial charge on any atom is 0.323 e. The van der Waals surface area contributed by atoms with Gasteiger partial charge in [0.05, 0.1) is 7.11 Å². The quantitative estimate of drug-likeness (QED) is 0.652. The van der Waals surface area contributed by atoms with E-state index in [1.54, 1.807) is 0 Å². The molecule has 1 aromatic heterocycles. The average molecular weight is 294 g/mol. The second-order valence-corrected chi connectivity index (χ2v) is 5.63. The van der Waals surface area contributed by atoms with Crippen LogP contribution in [-0.4, -0.2) is 35.9 Å². The Morgan fingerprint density at radius 2 is 2.20 bits per heavy atom. The van der Waals surface area contributed by atoms with Gasteiger partial charge >= 0.3 is 5.97 Å². The van der Waals surface area contributed by atoms with E-state index in [1.165, 1.54) is 18.9 Å². The second kappa shape index (κ2) is 6.76. The van der Waals surface area contributed by atoms with Crippen molar-refractivity contribution in [2.75, 3.05) is 12.9 Å². The van der Waals surface area contributed by atoms with E-state index in [9.17, 15) is 4.79 Å². The molecule has 0 aliphatic rings. The fraction of sp³-hybridized carbons (Fsp3) is 0.429. The minimum Gasteiger partial charge on any atom is -0.468 e. The molecule has 20 heavy (non-hydrogen) atoms. The van der Waals surface area contributed by atoms with Gasteiger partial charge in [0.15, 0.2) is 5.58 Å². The number of hydrogen-bond acceptors (Lipinski definition) is 6. The molecule has 1 N–H and O–H groups in total. The molecule has 1 aromatic carbocycles. The van der Waals surface area contributed by atoms with Crippen LogP contribution in [0.2, 0.25) is 0 Å². The number of carbonyl (C=O) groups excluding carboxylic acids is 1. The van der Waals surface area contributed by atoms with Gasteiger partial charge in [0.25, 0.3) is 5.22 Å². The molecular weight excluding hydrogens is 276 g/mol. The molecule has 108 valence electrons. The van der Waals surface area contributed by atoms with E-state index in [-0.39, 0.29) is 18.1 Å². The zero-order chi connectivity index (χ0) is 14.5. The number of carbonyl (C=O) groups is 1. The minimum absolute atomic E-state index is 0.198. The summed E-state index contributed by atoms with van der Waals surface area (Å²) in [5.74, 6) is 0.236. The van der Waals surface area contributed by atoms with Crippen molar-refractivity contribution >= 4 is 28.8 Å². The molecule has 0 saturated carbocycles. The standard InChI is InChI=1S/C14H18N2O3S/c1-9(2)15-11(13(17)18-3)8-20-14-16-10-6-4-5-7-12(10)19-14/h4-7,9,11,15H,8H2,1-3H3. The van der Waals surface area contributed by atoms with E-state index < -0.39 is 0 Å². The Bertz CT molecular complexity index is 550. The van der Waals surface area contributed by atoms with Crippen molar-refractivity contribution < 1.29 is 13.9 Å². The first kappa shape index (κ1) is 14.9. The van der Waals surface area contributed by atoms with E-state index in [4.69, 9.17) is 9.15 Å². The van der Waals surface area contributed by atoms with Crippen molar-refractivity contribution in [3.05, 3.63) is 24.3 Å². The van der Waals surface area contributed by atoms with Gasteiger partial charge < -0.3 is 14.5 Å². The molecule has 1 heterocycles. The molecule has 0 amide bonds. The third-order valence-electron chi connectivity index (χ3n) is 2.67. The van der Waals surface area contributed by atoms with Gasteiger partial charge in [-0.2, -0.15) is 0 Å². The van der Waals surface area contributed by atoms with Crippen LogP contribution in [0.1, 0.15) is 13.8 Å². The lowest BCUT2D eigenvalue weighted by molar-refractivity contribution is -0.142. The summed E-state index contributed by atoms with van der Waals surface area (Å²) in [6.07, 6.45) is 0. The average Bonchev–Trinajstić information content (AvgIpc) is 2.84. The summed E-state index contributed by atoms with van der Waals surface area (Å²) in [5.41, 5.74) is 1.57. The number of hydrogen-bond donors (Lipinski definition) is 1. The SMILES string of the molecule is COC(=O)C(CSc1nc2ccccc2o1)NC(C)C. The van der Waals surface area contributed by atoms with Crippen molar-refractivity contribution in [2.45, 2.75) is 31.2 Å². The molecule has 1 atom stereocenters. The van der Waals surface area contributed by atoms with Crippen LogP contribution in [0.15, 0.2) is 33.9 Å². The number of fused-ring (bicyclic) bond motifs is 1. The zero-order valence-corrected chi connectivity index (χ0v) is 12.6. The van der Waals surface area contributed by atoms with Gasteiger partial charge in [0, 0.05) is 11.8 Å².